The molecule has 0 unspecified atom stereocenters. The van der Waals surface area contributed by atoms with Crippen LogP contribution in [0.15, 0.2) is 24.3 Å². The lowest BCUT2D eigenvalue weighted by Crippen LogP contribution is -1.93. The average molecular weight is 179 g/mol. The summed E-state index contributed by atoms with van der Waals surface area (Å²) in [7, 11) is 0. The van der Waals surface area contributed by atoms with Gasteiger partial charge >= 0.3 is 0 Å². The van der Waals surface area contributed by atoms with E-state index in [1.165, 1.54) is 5.56 Å². The molecule has 0 amide bonds. The van der Waals surface area contributed by atoms with Gasteiger partial charge in [0.25, 0.3) is 0 Å². The molecule has 1 radical (unpaired) electrons. The van der Waals surface area contributed by atoms with E-state index in [-0.39, 0.29) is 6.61 Å². The molecule has 0 aliphatic rings. The molecule has 1 rings (SSSR count). The topological polar surface area (TPSA) is 29.5 Å². The molecule has 71 valence electrons. The molecule has 0 saturated carbocycles. The van der Waals surface area contributed by atoms with Gasteiger partial charge in [-0.05, 0) is 37.5 Å². The number of aliphatic hydroxyl groups is 1. The van der Waals surface area contributed by atoms with Gasteiger partial charge in [-0.15, -0.1) is 0 Å². The van der Waals surface area contributed by atoms with E-state index in [1.54, 1.807) is 0 Å². The van der Waals surface area contributed by atoms with E-state index in [4.69, 9.17) is 9.84 Å². The summed E-state index contributed by atoms with van der Waals surface area (Å²) in [4.78, 5) is 0. The average Bonchev–Trinajstić information content (AvgIpc) is 2.17. The molecule has 2 heteroatoms. The fourth-order valence-electron chi connectivity index (χ4n) is 1.12. The fourth-order valence-corrected chi connectivity index (χ4v) is 1.12. The first-order chi connectivity index (χ1) is 6.36. The van der Waals surface area contributed by atoms with E-state index < -0.39 is 0 Å². The van der Waals surface area contributed by atoms with Gasteiger partial charge in [0.05, 0.1) is 6.61 Å². The Morgan fingerprint density at radius 3 is 2.54 bits per heavy atom. The monoisotopic (exact) mass is 179 g/mol. The third kappa shape index (κ3) is 3.47. The van der Waals surface area contributed by atoms with Crippen molar-refractivity contribution in [3.63, 3.8) is 0 Å². The summed E-state index contributed by atoms with van der Waals surface area (Å²) in [6.45, 7) is 2.79. The summed E-state index contributed by atoms with van der Waals surface area (Å²) in [6, 6.07) is 7.92. The van der Waals surface area contributed by atoms with Gasteiger partial charge < -0.3 is 9.84 Å². The lowest BCUT2D eigenvalue weighted by Gasteiger charge is -2.03. The zero-order valence-corrected chi connectivity index (χ0v) is 7.86. The highest BCUT2D eigenvalue weighted by Crippen LogP contribution is 2.12. The Morgan fingerprint density at radius 1 is 1.31 bits per heavy atom. The highest BCUT2D eigenvalue weighted by atomic mass is 16.5. The van der Waals surface area contributed by atoms with E-state index in [1.807, 2.05) is 37.6 Å². The maximum Gasteiger partial charge on any atom is 0.119 e. The molecule has 0 bridgehead atoms. The Kier molecular flexibility index (Phi) is 4.33. The molecule has 0 heterocycles. The smallest absolute Gasteiger partial charge is 0.119 e. The van der Waals surface area contributed by atoms with Crippen molar-refractivity contribution in [1.29, 1.82) is 0 Å². The minimum atomic E-state index is 0.132. The van der Waals surface area contributed by atoms with Gasteiger partial charge in [-0.2, -0.15) is 0 Å². The first kappa shape index (κ1) is 10.1. The minimum absolute atomic E-state index is 0.132. The van der Waals surface area contributed by atoms with Gasteiger partial charge in [0.2, 0.25) is 0 Å². The number of hydrogen-bond donors (Lipinski definition) is 1. The van der Waals surface area contributed by atoms with Crippen molar-refractivity contribution in [2.75, 3.05) is 13.2 Å². The number of benzene rings is 1. The summed E-state index contributed by atoms with van der Waals surface area (Å²) in [5.41, 5.74) is 1.19. The fraction of sp³-hybridized carbons (Fsp3) is 0.364. The Bertz CT molecular complexity index is 228. The Labute approximate surface area is 79.2 Å². The quantitative estimate of drug-likeness (QED) is 0.747. The molecule has 0 saturated heterocycles. The van der Waals surface area contributed by atoms with Crippen LogP contribution in [-0.2, 0) is 6.42 Å². The van der Waals surface area contributed by atoms with E-state index in [0.717, 1.165) is 12.2 Å². The van der Waals surface area contributed by atoms with E-state index in [9.17, 15) is 0 Å². The molecule has 13 heavy (non-hydrogen) atoms. The van der Waals surface area contributed by atoms with Crippen molar-refractivity contribution in [1.82, 2.24) is 0 Å². The van der Waals surface area contributed by atoms with Crippen LogP contribution in [0, 0.1) is 6.42 Å². The Morgan fingerprint density at radius 2 is 2.00 bits per heavy atom. The van der Waals surface area contributed by atoms with Crippen LogP contribution in [0.1, 0.15) is 12.5 Å². The lowest BCUT2D eigenvalue weighted by molar-refractivity contribution is 0.325. The standard InChI is InChI=1S/C11H15O2/c1-2-13-11-7-5-10(6-8-11)4-3-9-12/h3,5-8,12H,2,4,9H2,1H3. The van der Waals surface area contributed by atoms with Crippen molar-refractivity contribution < 1.29 is 9.84 Å². The number of aliphatic hydroxyl groups excluding tert-OH is 1. The van der Waals surface area contributed by atoms with Gasteiger partial charge in [0, 0.05) is 6.61 Å². The summed E-state index contributed by atoms with van der Waals surface area (Å²) in [5, 5.41) is 8.59. The lowest BCUT2D eigenvalue weighted by atomic mass is 10.1. The SMILES string of the molecule is CCOc1ccc(C[CH]CO)cc1. The zero-order chi connectivity index (χ0) is 9.52. The van der Waals surface area contributed by atoms with Crippen molar-refractivity contribution in [2.45, 2.75) is 13.3 Å². The normalized spacial score (nSPS) is 10.0. The molecule has 0 aliphatic heterocycles. The largest absolute Gasteiger partial charge is 0.494 e. The molecule has 0 atom stereocenters. The van der Waals surface area contributed by atoms with Crippen LogP contribution in [0.3, 0.4) is 0 Å². The maximum atomic E-state index is 8.59. The molecule has 1 aromatic carbocycles. The first-order valence-corrected chi connectivity index (χ1v) is 4.51. The van der Waals surface area contributed by atoms with Crippen LogP contribution in [0.2, 0.25) is 0 Å². The Balaban J connectivity index is 2.48. The van der Waals surface area contributed by atoms with Crippen molar-refractivity contribution in [2.24, 2.45) is 0 Å². The Hall–Kier alpha value is -1.02. The first-order valence-electron chi connectivity index (χ1n) is 4.51. The second-order valence-corrected chi connectivity index (χ2v) is 2.75. The van der Waals surface area contributed by atoms with Crippen molar-refractivity contribution >= 4 is 0 Å². The predicted octanol–water partition coefficient (Wildman–Crippen LogP) is 1.82. The molecule has 1 N–H and O–H groups in total. The van der Waals surface area contributed by atoms with Crippen LogP contribution in [0.25, 0.3) is 0 Å². The second kappa shape index (κ2) is 5.60. The van der Waals surface area contributed by atoms with Crippen LogP contribution in [0.5, 0.6) is 5.75 Å². The molecular weight excluding hydrogens is 164 g/mol. The van der Waals surface area contributed by atoms with Gasteiger partial charge in [-0.25, -0.2) is 0 Å². The minimum Gasteiger partial charge on any atom is -0.494 e. The molecule has 0 aliphatic carbocycles. The summed E-state index contributed by atoms with van der Waals surface area (Å²) in [6.07, 6.45) is 2.64. The van der Waals surface area contributed by atoms with Crippen molar-refractivity contribution in [3.05, 3.63) is 36.2 Å². The maximum absolute atomic E-state index is 8.59. The van der Waals surface area contributed by atoms with Gasteiger partial charge in [0.1, 0.15) is 5.75 Å². The third-order valence-electron chi connectivity index (χ3n) is 1.74. The van der Waals surface area contributed by atoms with E-state index in [2.05, 4.69) is 0 Å². The van der Waals surface area contributed by atoms with Gasteiger partial charge in [0.15, 0.2) is 0 Å². The third-order valence-corrected chi connectivity index (χ3v) is 1.74. The predicted molar refractivity (Wildman–Crippen MR) is 52.7 cm³/mol. The van der Waals surface area contributed by atoms with Crippen LogP contribution >= 0.6 is 0 Å². The van der Waals surface area contributed by atoms with E-state index >= 15 is 0 Å². The molecule has 0 fully saturated rings. The number of hydrogen-bond acceptors (Lipinski definition) is 2. The highest BCUT2D eigenvalue weighted by molar-refractivity contribution is 5.27. The molecule has 0 spiro atoms. The molecule has 2 nitrogen and oxygen atoms in total. The highest BCUT2D eigenvalue weighted by Gasteiger charge is 1.94. The zero-order valence-electron chi connectivity index (χ0n) is 7.86. The second-order valence-electron chi connectivity index (χ2n) is 2.75. The van der Waals surface area contributed by atoms with Crippen molar-refractivity contribution in [3.8, 4) is 5.75 Å². The van der Waals surface area contributed by atoms with Crippen LogP contribution in [-0.4, -0.2) is 18.3 Å². The number of ether oxygens (including phenoxy) is 1. The molecule has 1 aromatic rings. The molecular formula is C11H15O2. The summed E-state index contributed by atoms with van der Waals surface area (Å²) < 4.78 is 5.31. The van der Waals surface area contributed by atoms with Gasteiger partial charge in [-0.1, -0.05) is 12.1 Å². The van der Waals surface area contributed by atoms with Crippen LogP contribution < -0.4 is 4.74 Å². The summed E-state index contributed by atoms with van der Waals surface area (Å²) in [5.74, 6) is 0.898. The van der Waals surface area contributed by atoms with Gasteiger partial charge in [-0.3, -0.25) is 0 Å². The number of rotatable bonds is 5. The van der Waals surface area contributed by atoms with Crippen LogP contribution in [0.4, 0.5) is 0 Å². The van der Waals surface area contributed by atoms with E-state index in [0.29, 0.717) is 6.61 Å². The summed E-state index contributed by atoms with van der Waals surface area (Å²) >= 11 is 0. The molecule has 0 aromatic heterocycles.